The number of nitrogens with two attached hydrogens (primary N) is 1. The molecular formula is C64H114N12O13. The Balaban J connectivity index is 4.54. The minimum absolute atomic E-state index is 0.0323. The number of carbonyl (C=O) groups excluding carboxylic acids is 12. The molecule has 11 amide bonds. The number of hydrogen-bond donors (Lipinski definition) is 6. The Morgan fingerprint density at radius 3 is 1.51 bits per heavy atom. The molecule has 0 radical (unpaired) electrons. The van der Waals surface area contributed by atoms with Crippen molar-refractivity contribution in [1.82, 2.24) is 55.6 Å². The van der Waals surface area contributed by atoms with Crippen LogP contribution in [0.25, 0.3) is 0 Å². The average molecular weight is 1260 g/mol. The van der Waals surface area contributed by atoms with Crippen LogP contribution in [0.3, 0.4) is 0 Å². The predicted octanol–water partition coefficient (Wildman–Crippen LogP) is 2.51. The van der Waals surface area contributed by atoms with Gasteiger partial charge in [0.1, 0.15) is 48.3 Å². The SMILES string of the molecule is C/C=C/C[C@@H](C)[C@@H](O)[C@H]1C(=O)N[C@@H](CC)C(=O)N(C)CC(=O)N(C)[C@@H](CC(C)C)C(=O)N[C@@H](C(C)C)C(=O)N(C)[C@@H](CC(C)C)C(=O)N[C@@H](C)C(=O)N[C@H](C)C(=O)N(C)[C@@H](CC(C)C)C(=O)N(C)[C@@](N)(CC(C)C)C(=O)N(C)[C@](C(C)=O)(C(C)C)C(=O)N1C. The summed E-state index contributed by atoms with van der Waals surface area (Å²) in [5.74, 6) is -13.2. The summed E-state index contributed by atoms with van der Waals surface area (Å²) in [6.07, 6.45) is 2.03. The van der Waals surface area contributed by atoms with Crippen LogP contribution in [0.5, 0.6) is 0 Å². The van der Waals surface area contributed by atoms with Crippen LogP contribution < -0.4 is 27.0 Å². The Bertz CT molecular complexity index is 2540. The van der Waals surface area contributed by atoms with E-state index in [1.54, 1.807) is 60.6 Å². The van der Waals surface area contributed by atoms with Gasteiger partial charge in [0.25, 0.3) is 11.8 Å². The topological polar surface area (TPSA) is 322 Å². The highest BCUT2D eigenvalue weighted by Gasteiger charge is 2.59. The van der Waals surface area contributed by atoms with E-state index in [9.17, 15) is 43.5 Å². The van der Waals surface area contributed by atoms with E-state index in [-0.39, 0.29) is 56.3 Å². The first kappa shape index (κ1) is 80.5. The fraction of sp³-hybridized carbons (Fsp3) is 0.781. The molecule has 25 nitrogen and oxygen atoms in total. The number of aliphatic hydroxyl groups excluding tert-OH is 1. The third-order valence-electron chi connectivity index (χ3n) is 17.2. The zero-order valence-electron chi connectivity index (χ0n) is 58.4. The van der Waals surface area contributed by atoms with Crippen molar-refractivity contribution in [2.24, 2.45) is 47.2 Å². The maximum atomic E-state index is 15.7. The lowest BCUT2D eigenvalue weighted by Crippen LogP contribution is -2.75. The summed E-state index contributed by atoms with van der Waals surface area (Å²) in [6.45, 7) is 29.2. The highest BCUT2D eigenvalue weighted by molar-refractivity contribution is 6.14. The molecule has 1 heterocycles. The van der Waals surface area contributed by atoms with E-state index in [0.717, 1.165) is 31.4 Å². The van der Waals surface area contributed by atoms with Crippen LogP contribution in [0.1, 0.15) is 163 Å². The molecule has 89 heavy (non-hydrogen) atoms. The van der Waals surface area contributed by atoms with Crippen LogP contribution in [-0.4, -0.2) is 232 Å². The first-order valence-electron chi connectivity index (χ1n) is 31.6. The van der Waals surface area contributed by atoms with E-state index in [2.05, 4.69) is 21.3 Å². The van der Waals surface area contributed by atoms with E-state index < -0.39 is 167 Å². The number of nitrogens with zero attached hydrogens (tertiary/aromatic N) is 7. The van der Waals surface area contributed by atoms with Crippen molar-refractivity contribution in [3.8, 4) is 0 Å². The highest BCUT2D eigenvalue weighted by atomic mass is 16.3. The first-order valence-corrected chi connectivity index (χ1v) is 31.6. The Kier molecular flexibility index (Phi) is 31.3. The minimum Gasteiger partial charge on any atom is -0.390 e. The van der Waals surface area contributed by atoms with E-state index >= 15 is 19.2 Å². The van der Waals surface area contributed by atoms with Gasteiger partial charge in [-0.2, -0.15) is 0 Å². The third kappa shape index (κ3) is 20.0. The second-order valence-corrected chi connectivity index (χ2v) is 27.1. The zero-order valence-corrected chi connectivity index (χ0v) is 58.4. The number of Topliss-reactive ketones (excluding diaryl/α,β-unsaturated/α-hetero) is 1. The largest absolute Gasteiger partial charge is 0.390 e. The molecule has 7 N–H and O–H groups in total. The summed E-state index contributed by atoms with van der Waals surface area (Å²) in [7, 11) is 9.17. The molecule has 25 heteroatoms. The van der Waals surface area contributed by atoms with Gasteiger partial charge in [-0.25, -0.2) is 0 Å². The van der Waals surface area contributed by atoms with Crippen molar-refractivity contribution < 1.29 is 62.6 Å². The summed E-state index contributed by atoms with van der Waals surface area (Å²) < 4.78 is 0. The van der Waals surface area contributed by atoms with Gasteiger partial charge in [-0.3, -0.25) is 57.5 Å². The van der Waals surface area contributed by atoms with Gasteiger partial charge in [0.15, 0.2) is 17.0 Å². The van der Waals surface area contributed by atoms with Gasteiger partial charge in [-0.05, 0) is 108 Å². The van der Waals surface area contributed by atoms with E-state index in [0.29, 0.717) is 0 Å². The van der Waals surface area contributed by atoms with Crippen molar-refractivity contribution in [3.63, 3.8) is 0 Å². The summed E-state index contributed by atoms with van der Waals surface area (Å²) in [5, 5.41) is 23.1. The smallest absolute Gasteiger partial charge is 0.264 e. The molecule has 0 aromatic heterocycles. The molecular weight excluding hydrogens is 1140 g/mol. The molecule has 1 aliphatic heterocycles. The molecule has 0 spiro atoms. The van der Waals surface area contributed by atoms with Crippen LogP contribution in [0.15, 0.2) is 12.2 Å². The predicted molar refractivity (Wildman–Crippen MR) is 341 cm³/mol. The maximum Gasteiger partial charge on any atom is 0.264 e. The number of rotatable bonds is 16. The van der Waals surface area contributed by atoms with Crippen molar-refractivity contribution in [3.05, 3.63) is 12.2 Å². The minimum atomic E-state index is -2.48. The summed E-state index contributed by atoms with van der Waals surface area (Å²) in [5.41, 5.74) is 2.42. The van der Waals surface area contributed by atoms with Crippen LogP contribution in [-0.2, 0) is 57.5 Å². The van der Waals surface area contributed by atoms with E-state index in [1.165, 1.54) is 86.8 Å². The number of carbonyl (C=O) groups is 12. The molecule has 1 aliphatic rings. The average Bonchev–Trinajstić information content (AvgIpc) is 0.752. The normalized spacial score (nSPS) is 27.9. The molecule has 1 fully saturated rings. The number of aliphatic hydroxyl groups is 1. The Morgan fingerprint density at radius 2 is 1.06 bits per heavy atom. The fourth-order valence-electron chi connectivity index (χ4n) is 11.6. The molecule has 12 atom stereocenters. The Labute approximate surface area is 531 Å². The monoisotopic (exact) mass is 1260 g/mol. The van der Waals surface area contributed by atoms with Crippen molar-refractivity contribution in [2.75, 3.05) is 55.9 Å². The number of likely N-dealkylation sites (N-methyl/N-ethyl adjacent to an activating group) is 7. The number of ketones is 1. The lowest BCUT2D eigenvalue weighted by molar-refractivity contribution is -0.172. The second-order valence-electron chi connectivity index (χ2n) is 27.1. The van der Waals surface area contributed by atoms with Crippen LogP contribution >= 0.6 is 0 Å². The Morgan fingerprint density at radius 1 is 0.584 bits per heavy atom. The number of nitrogens with one attached hydrogen (secondary N) is 4. The van der Waals surface area contributed by atoms with Crippen LogP contribution in [0, 0.1) is 41.4 Å². The maximum absolute atomic E-state index is 15.7. The Hall–Kier alpha value is -6.50. The first-order chi connectivity index (χ1) is 40.9. The standard InChI is InChI=1S/C64H114N12O13/c1-26-28-29-41(15)52(79)51-56(83)68-45(27-2)58(85)70(19)34-49(78)71(20)46(30-35(3)4)55(82)69-50(39(11)12)60(87)72(21)47(31-36(5)6)54(81)66-42(16)53(80)67-43(17)57(84)73(22)48(32-37(7)8)59(86)75(24)63(65,33-38(9)10)61(88)76(25)64(40(13)14,44(18)77)62(89)74(51)23/h26,28,35-43,45-48,50-52,79H,27,29-34,65H2,1-25H3,(H,66,81)(H,67,80)(H,68,83)(H,69,82)/b28-26+/t41-,42+,43-,45+,46+,47+,48+,50+,51+,52-,63+,64+/m1/s1. The van der Waals surface area contributed by atoms with Crippen molar-refractivity contribution >= 4 is 70.8 Å². The fourth-order valence-corrected chi connectivity index (χ4v) is 11.6. The van der Waals surface area contributed by atoms with E-state index in [4.69, 9.17) is 5.73 Å². The molecule has 1 saturated heterocycles. The summed E-state index contributed by atoms with van der Waals surface area (Å²) in [4.78, 5) is 184. The van der Waals surface area contributed by atoms with Crippen LogP contribution in [0.2, 0.25) is 0 Å². The molecule has 0 aromatic rings. The molecule has 508 valence electrons. The van der Waals surface area contributed by atoms with Gasteiger partial charge in [0.2, 0.25) is 53.2 Å². The molecule has 0 aromatic carbocycles. The molecule has 0 unspecified atom stereocenters. The van der Waals surface area contributed by atoms with Crippen molar-refractivity contribution in [1.29, 1.82) is 0 Å². The van der Waals surface area contributed by atoms with E-state index in [1.807, 2.05) is 41.5 Å². The van der Waals surface area contributed by atoms with Gasteiger partial charge >= 0.3 is 0 Å². The van der Waals surface area contributed by atoms with Gasteiger partial charge < -0.3 is 66.4 Å². The molecule has 1 rings (SSSR count). The van der Waals surface area contributed by atoms with Gasteiger partial charge in [-0.15, -0.1) is 0 Å². The molecule has 0 aliphatic carbocycles. The lowest BCUT2D eigenvalue weighted by atomic mass is 9.78. The summed E-state index contributed by atoms with van der Waals surface area (Å²) in [6, 6.07) is -10.7. The lowest BCUT2D eigenvalue weighted by Gasteiger charge is -2.50. The van der Waals surface area contributed by atoms with Gasteiger partial charge in [0, 0.05) is 49.3 Å². The summed E-state index contributed by atoms with van der Waals surface area (Å²) >= 11 is 0. The molecule has 0 saturated carbocycles. The highest BCUT2D eigenvalue weighted by Crippen LogP contribution is 2.34. The van der Waals surface area contributed by atoms with Crippen LogP contribution in [0.4, 0.5) is 0 Å². The second kappa shape index (κ2) is 34.6. The zero-order chi connectivity index (χ0) is 69.4. The molecule has 0 bridgehead atoms. The van der Waals surface area contributed by atoms with Crippen molar-refractivity contribution in [2.45, 2.75) is 229 Å². The van der Waals surface area contributed by atoms with Gasteiger partial charge in [0.05, 0.1) is 12.6 Å². The number of amides is 11. The number of hydrogen-bond acceptors (Lipinski definition) is 14. The quantitative estimate of drug-likeness (QED) is 0.0956. The third-order valence-corrected chi connectivity index (χ3v) is 17.2. The number of allylic oxidation sites excluding steroid dienone is 2. The van der Waals surface area contributed by atoms with Gasteiger partial charge in [-0.1, -0.05) is 109 Å².